The third kappa shape index (κ3) is 60.1. The Hall–Kier alpha value is -1.94. The summed E-state index contributed by atoms with van der Waals surface area (Å²) in [6.07, 6.45) is 41.6. The van der Waals surface area contributed by atoms with Gasteiger partial charge < -0.3 is 33.8 Å². The maximum Gasteiger partial charge on any atom is 0.472 e. The van der Waals surface area contributed by atoms with Gasteiger partial charge in [0.15, 0.2) is 12.2 Å². The highest BCUT2D eigenvalue weighted by molar-refractivity contribution is 7.47. The molecule has 0 amide bonds. The van der Waals surface area contributed by atoms with E-state index >= 15 is 0 Å². The van der Waals surface area contributed by atoms with Gasteiger partial charge in [0.05, 0.1) is 26.4 Å². The van der Waals surface area contributed by atoms with Crippen molar-refractivity contribution < 1.29 is 80.2 Å². The van der Waals surface area contributed by atoms with Crippen LogP contribution in [0.25, 0.3) is 0 Å². The molecule has 87 heavy (non-hydrogen) atoms. The second-order valence-electron chi connectivity index (χ2n) is 25.5. The van der Waals surface area contributed by atoms with E-state index in [0.717, 1.165) is 108 Å². The second kappa shape index (κ2) is 59.1. The molecule has 7 atom stereocenters. The van der Waals surface area contributed by atoms with Crippen LogP contribution in [0.2, 0.25) is 0 Å². The van der Waals surface area contributed by atoms with Crippen molar-refractivity contribution >= 4 is 39.5 Å². The molecule has 17 nitrogen and oxygen atoms in total. The summed E-state index contributed by atoms with van der Waals surface area (Å²) in [6, 6.07) is 0. The molecule has 0 aliphatic heterocycles. The number of carbonyl (C=O) groups excluding carboxylic acids is 4. The van der Waals surface area contributed by atoms with Gasteiger partial charge in [-0.15, -0.1) is 0 Å². The number of phosphoric ester groups is 2. The van der Waals surface area contributed by atoms with Gasteiger partial charge in [0.2, 0.25) is 0 Å². The predicted molar refractivity (Wildman–Crippen MR) is 349 cm³/mol. The molecule has 0 spiro atoms. The maximum atomic E-state index is 13.0. The van der Waals surface area contributed by atoms with E-state index in [1.807, 2.05) is 0 Å². The molecule has 0 saturated heterocycles. The number of esters is 4. The van der Waals surface area contributed by atoms with Gasteiger partial charge in [-0.1, -0.05) is 286 Å². The summed E-state index contributed by atoms with van der Waals surface area (Å²) in [4.78, 5) is 72.4. The fourth-order valence-corrected chi connectivity index (χ4v) is 11.7. The lowest BCUT2D eigenvalue weighted by Crippen LogP contribution is -2.30. The lowest BCUT2D eigenvalue weighted by molar-refractivity contribution is -0.161. The zero-order valence-electron chi connectivity index (χ0n) is 56.5. The maximum absolute atomic E-state index is 13.0. The first-order chi connectivity index (χ1) is 41.8. The van der Waals surface area contributed by atoms with Gasteiger partial charge in [-0.05, 0) is 43.4 Å². The van der Waals surface area contributed by atoms with E-state index in [1.54, 1.807) is 0 Å². The third-order valence-electron chi connectivity index (χ3n) is 16.4. The van der Waals surface area contributed by atoms with Crippen LogP contribution in [0.3, 0.4) is 0 Å². The van der Waals surface area contributed by atoms with Crippen LogP contribution in [-0.4, -0.2) is 96.7 Å². The Bertz CT molecular complexity index is 1720. The Morgan fingerprint density at radius 1 is 0.333 bits per heavy atom. The number of carbonyl (C=O) groups is 4. The number of aliphatic hydroxyl groups excluding tert-OH is 1. The Labute approximate surface area is 530 Å². The Morgan fingerprint density at radius 3 is 0.874 bits per heavy atom. The average molecular weight is 1280 g/mol. The molecule has 0 aromatic heterocycles. The number of ether oxygens (including phenoxy) is 4. The molecule has 0 aromatic carbocycles. The fourth-order valence-electron chi connectivity index (χ4n) is 10.1. The first kappa shape index (κ1) is 85.1. The Morgan fingerprint density at radius 2 is 0.586 bits per heavy atom. The van der Waals surface area contributed by atoms with Gasteiger partial charge in [0, 0.05) is 25.7 Å². The minimum Gasteiger partial charge on any atom is -0.462 e. The molecule has 19 heteroatoms. The van der Waals surface area contributed by atoms with E-state index in [4.69, 9.17) is 37.0 Å². The zero-order valence-corrected chi connectivity index (χ0v) is 58.3. The highest BCUT2D eigenvalue weighted by atomic mass is 31.2. The molecule has 0 bridgehead atoms. The highest BCUT2D eigenvalue weighted by Gasteiger charge is 2.30. The standard InChI is InChI=1S/C68H132O17P2/c1-8-11-12-13-14-15-16-17-18-19-29-37-44-51-67(72)84-63(55-78-65(70)49-42-35-28-22-20-26-33-40-47-60(6)9-2)57-82-86(74,75)80-53-62(69)54-81-87(76,77)83-58-64(56-79-66(71)50-43-36-31-24-25-32-39-46-59(4)5)85-68(73)52-45-38-30-23-21-27-34-41-48-61(7)10-3/h59-64,69H,8-58H2,1-7H3,(H,74,75)(H,76,77)/t60?,61?,62-,63-,64-/m1/s1. The smallest absolute Gasteiger partial charge is 0.462 e. The quantitative estimate of drug-likeness (QED) is 0.0222. The average Bonchev–Trinajstić information content (AvgIpc) is 3.64. The minimum absolute atomic E-state index is 0.104. The van der Waals surface area contributed by atoms with Gasteiger partial charge in [0.25, 0.3) is 0 Å². The SMILES string of the molecule is CCCCCCCCCCCCCCCC(=O)O[C@H](COC(=O)CCCCCCCCCCC(C)CC)COP(=O)(O)OC[C@@H](O)COP(=O)(O)OC[C@@H](COC(=O)CCCCCCCCCC(C)C)OC(=O)CCCCCCCCCCC(C)CC. The van der Waals surface area contributed by atoms with Gasteiger partial charge in [-0.2, -0.15) is 0 Å². The summed E-state index contributed by atoms with van der Waals surface area (Å²) >= 11 is 0. The monoisotopic (exact) mass is 1280 g/mol. The summed E-state index contributed by atoms with van der Waals surface area (Å²) < 4.78 is 68.2. The zero-order chi connectivity index (χ0) is 64.5. The summed E-state index contributed by atoms with van der Waals surface area (Å²) in [5.41, 5.74) is 0. The molecule has 4 unspecified atom stereocenters. The third-order valence-corrected chi connectivity index (χ3v) is 18.3. The number of hydrogen-bond acceptors (Lipinski definition) is 15. The van der Waals surface area contributed by atoms with Crippen molar-refractivity contribution in [1.29, 1.82) is 0 Å². The van der Waals surface area contributed by atoms with E-state index in [9.17, 15) is 43.2 Å². The van der Waals surface area contributed by atoms with Gasteiger partial charge >= 0.3 is 39.5 Å². The molecule has 3 N–H and O–H groups in total. The lowest BCUT2D eigenvalue weighted by atomic mass is 9.99. The van der Waals surface area contributed by atoms with Crippen LogP contribution >= 0.6 is 15.6 Å². The van der Waals surface area contributed by atoms with E-state index < -0.39 is 97.5 Å². The number of phosphoric acid groups is 2. The number of unbranched alkanes of at least 4 members (excludes halogenated alkanes) is 32. The largest absolute Gasteiger partial charge is 0.472 e. The molecule has 0 fully saturated rings. The molecule has 0 aliphatic rings. The molecule has 0 saturated carbocycles. The summed E-state index contributed by atoms with van der Waals surface area (Å²) in [5.74, 6) is 0.122. The summed E-state index contributed by atoms with van der Waals surface area (Å²) in [7, 11) is -9.90. The molecule has 0 heterocycles. The molecule has 0 radical (unpaired) electrons. The normalized spacial score (nSPS) is 14.9. The van der Waals surface area contributed by atoms with E-state index in [1.165, 1.54) is 141 Å². The lowest BCUT2D eigenvalue weighted by Gasteiger charge is -2.21. The predicted octanol–water partition coefficient (Wildman–Crippen LogP) is 19.1. The Kier molecular flexibility index (Phi) is 57.8. The van der Waals surface area contributed by atoms with Gasteiger partial charge in [-0.25, -0.2) is 9.13 Å². The Balaban J connectivity index is 5.27. The van der Waals surface area contributed by atoms with Crippen molar-refractivity contribution in [3.05, 3.63) is 0 Å². The van der Waals surface area contributed by atoms with E-state index in [-0.39, 0.29) is 25.7 Å². The van der Waals surface area contributed by atoms with Crippen LogP contribution in [0.1, 0.15) is 337 Å². The molecular weight excluding hydrogens is 1150 g/mol. The van der Waals surface area contributed by atoms with E-state index in [2.05, 4.69) is 48.5 Å². The van der Waals surface area contributed by atoms with Crippen LogP contribution in [0.5, 0.6) is 0 Å². The van der Waals surface area contributed by atoms with Crippen LogP contribution in [0.15, 0.2) is 0 Å². The molecule has 0 rings (SSSR count). The second-order valence-corrected chi connectivity index (χ2v) is 28.4. The summed E-state index contributed by atoms with van der Waals surface area (Å²) in [5, 5.41) is 10.6. The molecular formula is C68H132O17P2. The summed E-state index contributed by atoms with van der Waals surface area (Å²) in [6.45, 7) is 11.8. The van der Waals surface area contributed by atoms with Crippen molar-refractivity contribution in [2.45, 2.75) is 356 Å². The fraction of sp³-hybridized carbons (Fsp3) is 0.941. The van der Waals surface area contributed by atoms with Crippen molar-refractivity contribution in [2.75, 3.05) is 39.6 Å². The molecule has 0 aromatic rings. The van der Waals surface area contributed by atoms with E-state index in [0.29, 0.717) is 31.6 Å². The highest BCUT2D eigenvalue weighted by Crippen LogP contribution is 2.45. The van der Waals surface area contributed by atoms with Crippen molar-refractivity contribution in [3.8, 4) is 0 Å². The van der Waals surface area contributed by atoms with Gasteiger partial charge in [-0.3, -0.25) is 37.3 Å². The van der Waals surface area contributed by atoms with Crippen molar-refractivity contribution in [3.63, 3.8) is 0 Å². The minimum atomic E-state index is -4.95. The van der Waals surface area contributed by atoms with Crippen molar-refractivity contribution in [1.82, 2.24) is 0 Å². The molecule has 0 aliphatic carbocycles. The number of aliphatic hydroxyl groups is 1. The first-order valence-electron chi connectivity index (χ1n) is 35.4. The van der Waals surface area contributed by atoms with Crippen LogP contribution in [0, 0.1) is 17.8 Å². The topological polar surface area (TPSA) is 237 Å². The molecule has 516 valence electrons. The number of hydrogen-bond donors (Lipinski definition) is 3. The van der Waals surface area contributed by atoms with Crippen molar-refractivity contribution in [2.24, 2.45) is 17.8 Å². The van der Waals surface area contributed by atoms with Crippen LogP contribution < -0.4 is 0 Å². The number of rotatable bonds is 66. The van der Waals surface area contributed by atoms with Crippen LogP contribution in [0.4, 0.5) is 0 Å². The first-order valence-corrected chi connectivity index (χ1v) is 38.4. The van der Waals surface area contributed by atoms with Crippen LogP contribution in [-0.2, 0) is 65.4 Å². The van der Waals surface area contributed by atoms with Gasteiger partial charge in [0.1, 0.15) is 19.3 Å².